The lowest BCUT2D eigenvalue weighted by Crippen LogP contribution is -2.48. The number of carbonyl (C=O) groups excluding carboxylic acids is 1. The molecule has 0 atom stereocenters. The second-order valence-electron chi connectivity index (χ2n) is 8.02. The van der Waals surface area contributed by atoms with Crippen LogP contribution < -0.4 is 11.1 Å². The summed E-state index contributed by atoms with van der Waals surface area (Å²) in [5.74, 6) is 1.31. The molecule has 0 aliphatic carbocycles. The highest BCUT2D eigenvalue weighted by atomic mass is 19.1. The zero-order valence-electron chi connectivity index (χ0n) is 18.4. The van der Waals surface area contributed by atoms with Crippen LogP contribution in [-0.4, -0.2) is 31.3 Å². The lowest BCUT2D eigenvalue weighted by atomic mass is 10.0. The van der Waals surface area contributed by atoms with Crippen molar-refractivity contribution in [2.75, 3.05) is 19.8 Å². The minimum absolute atomic E-state index is 0.108. The zero-order valence-corrected chi connectivity index (χ0v) is 18.4. The number of nitrogens with two attached hydrogens (primary N) is 1. The van der Waals surface area contributed by atoms with Crippen molar-refractivity contribution in [2.24, 2.45) is 17.6 Å². The molecule has 0 aromatic carbocycles. The maximum atomic E-state index is 13.0. The summed E-state index contributed by atoms with van der Waals surface area (Å²) in [6.07, 6.45) is 4.25. The first-order chi connectivity index (χ1) is 12.4. The van der Waals surface area contributed by atoms with E-state index < -0.39 is 17.5 Å². The van der Waals surface area contributed by atoms with Crippen molar-refractivity contribution < 1.29 is 18.7 Å². The van der Waals surface area contributed by atoms with Crippen LogP contribution in [0.3, 0.4) is 0 Å². The molecule has 1 fully saturated rings. The van der Waals surface area contributed by atoms with Crippen LogP contribution in [0.4, 0.5) is 4.39 Å². The summed E-state index contributed by atoms with van der Waals surface area (Å²) in [6.45, 7) is 19.5. The Labute approximate surface area is 165 Å². The van der Waals surface area contributed by atoms with E-state index in [1.54, 1.807) is 13.8 Å². The van der Waals surface area contributed by atoms with Gasteiger partial charge in [0.05, 0.1) is 12.1 Å². The van der Waals surface area contributed by atoms with Crippen LogP contribution in [0.15, 0.2) is 24.4 Å². The van der Waals surface area contributed by atoms with E-state index in [-0.39, 0.29) is 12.3 Å². The van der Waals surface area contributed by atoms with E-state index in [9.17, 15) is 9.18 Å². The summed E-state index contributed by atoms with van der Waals surface area (Å²) in [5.41, 5.74) is 4.62. The molecule has 0 aromatic rings. The Kier molecular flexibility index (Phi) is 16.1. The number of nitrogens with one attached hydrogen (secondary N) is 1. The highest BCUT2D eigenvalue weighted by Crippen LogP contribution is 2.11. The molecular formula is C21H41FN2O3. The van der Waals surface area contributed by atoms with Crippen LogP contribution in [0.5, 0.6) is 0 Å². The van der Waals surface area contributed by atoms with Gasteiger partial charge < -0.3 is 20.5 Å². The van der Waals surface area contributed by atoms with Crippen LogP contribution in [0.1, 0.15) is 67.7 Å². The lowest BCUT2D eigenvalue weighted by molar-refractivity contribution is -0.124. The molecule has 1 amide bonds. The normalized spacial score (nSPS) is 15.1. The van der Waals surface area contributed by atoms with E-state index in [1.165, 1.54) is 12.8 Å². The molecule has 0 saturated carbocycles. The smallest absolute Gasteiger partial charge is 0.274 e. The van der Waals surface area contributed by atoms with Crippen LogP contribution in [0, 0.1) is 11.8 Å². The van der Waals surface area contributed by atoms with Gasteiger partial charge in [-0.15, -0.1) is 0 Å². The highest BCUT2D eigenvalue weighted by molar-refractivity contribution is 5.86. The van der Waals surface area contributed by atoms with Crippen LogP contribution in [0.2, 0.25) is 0 Å². The van der Waals surface area contributed by atoms with E-state index in [2.05, 4.69) is 44.3 Å². The number of hydrogen-bond acceptors (Lipinski definition) is 4. The summed E-state index contributed by atoms with van der Waals surface area (Å²) in [5, 5.41) is 2.37. The third kappa shape index (κ3) is 20.8. The first-order valence-electron chi connectivity index (χ1n) is 9.77. The SMILES string of the molecule is C=C(/C=C(/F)OCCC)NC(=O)C(C)(C)N.CC(C)C.CC1CCOCC1. The Morgan fingerprint density at radius 1 is 1.37 bits per heavy atom. The fourth-order valence-electron chi connectivity index (χ4n) is 1.54. The number of rotatable bonds is 6. The molecule has 160 valence electrons. The van der Waals surface area contributed by atoms with Gasteiger partial charge in [-0.3, -0.25) is 4.79 Å². The molecule has 1 aliphatic rings. The Bertz CT molecular complexity index is 434. The molecule has 0 bridgehead atoms. The summed E-state index contributed by atoms with van der Waals surface area (Å²) in [7, 11) is 0. The summed E-state index contributed by atoms with van der Waals surface area (Å²) in [4.78, 5) is 11.4. The summed E-state index contributed by atoms with van der Waals surface area (Å²) < 4.78 is 22.8. The monoisotopic (exact) mass is 388 g/mol. The van der Waals surface area contributed by atoms with Crippen molar-refractivity contribution in [3.8, 4) is 0 Å². The standard InChI is InChI=1S/C11H19FN2O2.C6H12O.C4H10/c1-5-6-16-9(12)7-8(2)14-10(15)11(3,4)13;1-6-2-4-7-5-3-6;1-4(2)3/h7H,2,5-6,13H2,1,3-4H3,(H,14,15);6H,2-5H2,1H3;4H,1-3H3/b9-7-;;. The molecular weight excluding hydrogens is 347 g/mol. The predicted molar refractivity (Wildman–Crippen MR) is 111 cm³/mol. The van der Waals surface area contributed by atoms with Gasteiger partial charge in [-0.05, 0) is 44.9 Å². The van der Waals surface area contributed by atoms with Gasteiger partial charge in [0.15, 0.2) is 0 Å². The van der Waals surface area contributed by atoms with Crippen molar-refractivity contribution in [1.82, 2.24) is 5.32 Å². The van der Waals surface area contributed by atoms with Gasteiger partial charge in [0.25, 0.3) is 6.01 Å². The average Bonchev–Trinajstić information content (AvgIpc) is 2.52. The maximum absolute atomic E-state index is 13.0. The molecule has 1 aliphatic heterocycles. The quantitative estimate of drug-likeness (QED) is 0.511. The van der Waals surface area contributed by atoms with Crippen molar-refractivity contribution in [3.05, 3.63) is 24.4 Å². The number of amides is 1. The Hall–Kier alpha value is -1.40. The third-order valence-corrected chi connectivity index (χ3v) is 3.10. The summed E-state index contributed by atoms with van der Waals surface area (Å²) >= 11 is 0. The number of carbonyl (C=O) groups is 1. The van der Waals surface area contributed by atoms with Gasteiger partial charge in [-0.2, -0.15) is 4.39 Å². The molecule has 1 heterocycles. The molecule has 27 heavy (non-hydrogen) atoms. The number of hydrogen-bond donors (Lipinski definition) is 2. The van der Waals surface area contributed by atoms with Crippen molar-refractivity contribution in [3.63, 3.8) is 0 Å². The van der Waals surface area contributed by atoms with Crippen molar-refractivity contribution >= 4 is 5.91 Å². The van der Waals surface area contributed by atoms with Crippen LogP contribution in [0.25, 0.3) is 0 Å². The van der Waals surface area contributed by atoms with Crippen molar-refractivity contribution in [2.45, 2.75) is 73.3 Å². The second kappa shape index (κ2) is 15.6. The maximum Gasteiger partial charge on any atom is 0.274 e. The first-order valence-corrected chi connectivity index (χ1v) is 9.77. The largest absolute Gasteiger partial charge is 0.471 e. The summed E-state index contributed by atoms with van der Waals surface area (Å²) in [6, 6.07) is -0.776. The van der Waals surface area contributed by atoms with Gasteiger partial charge in [-0.1, -0.05) is 41.2 Å². The van der Waals surface area contributed by atoms with E-state index >= 15 is 0 Å². The topological polar surface area (TPSA) is 73.6 Å². The van der Waals surface area contributed by atoms with E-state index in [4.69, 9.17) is 10.5 Å². The van der Waals surface area contributed by atoms with Crippen molar-refractivity contribution in [1.29, 1.82) is 0 Å². The Morgan fingerprint density at radius 2 is 1.85 bits per heavy atom. The molecule has 6 heteroatoms. The molecule has 5 nitrogen and oxygen atoms in total. The van der Waals surface area contributed by atoms with Gasteiger partial charge >= 0.3 is 0 Å². The lowest BCUT2D eigenvalue weighted by Gasteiger charge is -2.17. The van der Waals surface area contributed by atoms with Crippen LogP contribution in [-0.2, 0) is 14.3 Å². The number of allylic oxidation sites excluding steroid dienone is 1. The van der Waals surface area contributed by atoms with Gasteiger partial charge in [0.1, 0.15) is 0 Å². The second-order valence-corrected chi connectivity index (χ2v) is 8.02. The minimum Gasteiger partial charge on any atom is -0.471 e. The van der Waals surface area contributed by atoms with E-state index in [1.807, 2.05) is 6.92 Å². The van der Waals surface area contributed by atoms with Gasteiger partial charge in [-0.25, -0.2) is 0 Å². The first kappa shape index (κ1) is 27.8. The zero-order chi connectivity index (χ0) is 21.5. The molecule has 0 aromatic heterocycles. The fraction of sp³-hybridized carbons (Fsp3) is 0.762. The van der Waals surface area contributed by atoms with E-state index in [0.717, 1.165) is 31.1 Å². The van der Waals surface area contributed by atoms with Gasteiger partial charge in [0.2, 0.25) is 5.91 Å². The van der Waals surface area contributed by atoms with Gasteiger partial charge in [0, 0.05) is 25.0 Å². The molecule has 0 radical (unpaired) electrons. The molecule has 3 N–H and O–H groups in total. The minimum atomic E-state index is -1.03. The fourth-order valence-corrected chi connectivity index (χ4v) is 1.54. The Balaban J connectivity index is 0. The molecule has 1 saturated heterocycles. The third-order valence-electron chi connectivity index (χ3n) is 3.10. The molecule has 0 spiro atoms. The molecule has 0 unspecified atom stereocenters. The predicted octanol–water partition coefficient (Wildman–Crippen LogP) is 4.69. The highest BCUT2D eigenvalue weighted by Gasteiger charge is 2.21. The number of halogens is 1. The average molecular weight is 389 g/mol. The van der Waals surface area contributed by atoms with Crippen LogP contribution >= 0.6 is 0 Å². The number of ether oxygens (including phenoxy) is 2. The Morgan fingerprint density at radius 3 is 2.19 bits per heavy atom. The molecule has 1 rings (SSSR count). The van der Waals surface area contributed by atoms with E-state index in [0.29, 0.717) is 6.42 Å².